The fourth-order valence-electron chi connectivity index (χ4n) is 3.24. The van der Waals surface area contributed by atoms with Crippen molar-refractivity contribution >= 4 is 17.2 Å². The van der Waals surface area contributed by atoms with Gasteiger partial charge in [-0.3, -0.25) is 9.48 Å². The highest BCUT2D eigenvalue weighted by Gasteiger charge is 2.25. The average Bonchev–Trinajstić information content (AvgIpc) is 3.33. The van der Waals surface area contributed by atoms with E-state index in [-0.39, 0.29) is 5.91 Å². The van der Waals surface area contributed by atoms with Gasteiger partial charge >= 0.3 is 0 Å². The molecule has 1 atom stereocenters. The Morgan fingerprint density at radius 1 is 1.23 bits per heavy atom. The molecule has 0 radical (unpaired) electrons. The Bertz CT molecular complexity index is 916. The molecule has 5 nitrogen and oxygen atoms in total. The standard InChI is InChI=1S/C20H21N3O2S/c1-2-16-8-9-18(26-16)20(25)22-10-11-23-15(13-22)12-17(21-23)19(24)14-6-4-3-5-7-14/h3-9,12,19,24H,2,10-11,13H2,1H3/t19-/m0/s1. The van der Waals surface area contributed by atoms with Crippen molar-refractivity contribution in [2.24, 2.45) is 0 Å². The highest BCUT2D eigenvalue weighted by Crippen LogP contribution is 2.25. The van der Waals surface area contributed by atoms with Gasteiger partial charge in [-0.2, -0.15) is 5.10 Å². The van der Waals surface area contributed by atoms with Crippen LogP contribution in [0.5, 0.6) is 0 Å². The molecule has 6 heteroatoms. The maximum Gasteiger partial charge on any atom is 0.264 e. The van der Waals surface area contributed by atoms with E-state index in [9.17, 15) is 9.90 Å². The molecule has 2 aromatic heterocycles. The number of hydrogen-bond donors (Lipinski definition) is 1. The molecule has 1 aliphatic heterocycles. The van der Waals surface area contributed by atoms with Crippen LogP contribution >= 0.6 is 11.3 Å². The number of hydrogen-bond acceptors (Lipinski definition) is 4. The van der Waals surface area contributed by atoms with Crippen molar-refractivity contribution in [3.63, 3.8) is 0 Å². The Kier molecular flexibility index (Phi) is 4.61. The number of benzene rings is 1. The third kappa shape index (κ3) is 3.18. The van der Waals surface area contributed by atoms with Crippen LogP contribution < -0.4 is 0 Å². The molecular weight excluding hydrogens is 346 g/mol. The lowest BCUT2D eigenvalue weighted by atomic mass is 10.1. The number of rotatable bonds is 4. The zero-order valence-electron chi connectivity index (χ0n) is 14.6. The molecule has 0 aliphatic carbocycles. The Morgan fingerprint density at radius 2 is 2.04 bits per heavy atom. The van der Waals surface area contributed by atoms with Crippen LogP contribution in [0.1, 0.15) is 44.5 Å². The molecule has 4 rings (SSSR count). The van der Waals surface area contributed by atoms with Gasteiger partial charge in [0, 0.05) is 11.4 Å². The van der Waals surface area contributed by atoms with Crippen molar-refractivity contribution < 1.29 is 9.90 Å². The lowest BCUT2D eigenvalue weighted by Crippen LogP contribution is -2.38. The van der Waals surface area contributed by atoms with Gasteiger partial charge in [0.25, 0.3) is 5.91 Å². The lowest BCUT2D eigenvalue weighted by Gasteiger charge is -2.27. The van der Waals surface area contributed by atoms with Crippen LogP contribution in [0.3, 0.4) is 0 Å². The van der Waals surface area contributed by atoms with Crippen molar-refractivity contribution in [2.45, 2.75) is 32.5 Å². The van der Waals surface area contributed by atoms with Gasteiger partial charge in [0.1, 0.15) is 6.10 Å². The number of thiophene rings is 1. The Hall–Kier alpha value is -2.44. The molecular formula is C20H21N3O2S. The van der Waals surface area contributed by atoms with Gasteiger partial charge in [-0.15, -0.1) is 11.3 Å². The molecule has 0 bridgehead atoms. The highest BCUT2D eigenvalue weighted by atomic mass is 32.1. The second kappa shape index (κ2) is 7.05. The van der Waals surface area contributed by atoms with E-state index in [2.05, 4.69) is 12.0 Å². The maximum atomic E-state index is 12.8. The SMILES string of the molecule is CCc1ccc(C(=O)N2CCn3nc([C@@H](O)c4ccccc4)cc3C2)s1. The van der Waals surface area contributed by atoms with Crippen molar-refractivity contribution in [3.05, 3.63) is 75.2 Å². The van der Waals surface area contributed by atoms with Gasteiger partial charge in [0.2, 0.25) is 0 Å². The predicted molar refractivity (Wildman–Crippen MR) is 101 cm³/mol. The first kappa shape index (κ1) is 17.0. The zero-order valence-corrected chi connectivity index (χ0v) is 15.4. The normalized spacial score (nSPS) is 14.9. The first-order chi connectivity index (χ1) is 12.7. The fourth-order valence-corrected chi connectivity index (χ4v) is 4.16. The number of aromatic nitrogens is 2. The summed E-state index contributed by atoms with van der Waals surface area (Å²) >= 11 is 1.57. The van der Waals surface area contributed by atoms with Crippen LogP contribution in [-0.4, -0.2) is 32.2 Å². The smallest absolute Gasteiger partial charge is 0.264 e. The van der Waals surface area contributed by atoms with Crippen LogP contribution in [0.15, 0.2) is 48.5 Å². The van der Waals surface area contributed by atoms with E-state index < -0.39 is 6.10 Å². The number of amides is 1. The summed E-state index contributed by atoms with van der Waals surface area (Å²) in [6, 6.07) is 15.4. The van der Waals surface area contributed by atoms with E-state index in [1.165, 1.54) is 4.88 Å². The molecule has 1 amide bonds. The summed E-state index contributed by atoms with van der Waals surface area (Å²) in [5.74, 6) is 0.0762. The quantitative estimate of drug-likeness (QED) is 0.770. The van der Waals surface area contributed by atoms with Gasteiger partial charge in [-0.1, -0.05) is 37.3 Å². The third-order valence-electron chi connectivity index (χ3n) is 4.72. The zero-order chi connectivity index (χ0) is 18.1. The maximum absolute atomic E-state index is 12.8. The van der Waals surface area contributed by atoms with E-state index in [0.717, 1.165) is 22.6 Å². The van der Waals surface area contributed by atoms with Gasteiger partial charge in [-0.05, 0) is 30.2 Å². The minimum Gasteiger partial charge on any atom is -0.382 e. The Morgan fingerprint density at radius 3 is 2.77 bits per heavy atom. The number of carbonyl (C=O) groups excluding carboxylic acids is 1. The van der Waals surface area contributed by atoms with Crippen molar-refractivity contribution in [3.8, 4) is 0 Å². The third-order valence-corrected chi connectivity index (χ3v) is 5.94. The molecule has 26 heavy (non-hydrogen) atoms. The molecule has 0 fully saturated rings. The summed E-state index contributed by atoms with van der Waals surface area (Å²) in [6.07, 6.45) is 0.203. The van der Waals surface area contributed by atoms with Crippen LogP contribution in [0.25, 0.3) is 0 Å². The van der Waals surface area contributed by atoms with Crippen LogP contribution in [0.4, 0.5) is 0 Å². The number of nitrogens with zero attached hydrogens (tertiary/aromatic N) is 3. The molecule has 134 valence electrons. The monoisotopic (exact) mass is 367 g/mol. The van der Waals surface area contributed by atoms with Crippen molar-refractivity contribution in [1.82, 2.24) is 14.7 Å². The largest absolute Gasteiger partial charge is 0.382 e. The number of fused-ring (bicyclic) bond motifs is 1. The minimum atomic E-state index is -0.747. The summed E-state index contributed by atoms with van der Waals surface area (Å²) in [5, 5.41) is 15.1. The number of aliphatic hydroxyl groups excluding tert-OH is 1. The summed E-state index contributed by atoms with van der Waals surface area (Å²) in [6.45, 7) is 3.90. The summed E-state index contributed by atoms with van der Waals surface area (Å²) in [5.41, 5.74) is 2.41. The second-order valence-corrected chi connectivity index (χ2v) is 7.61. The summed E-state index contributed by atoms with van der Waals surface area (Å²) in [4.78, 5) is 16.6. The molecule has 3 heterocycles. The number of aryl methyl sites for hydroxylation is 1. The number of aliphatic hydroxyl groups is 1. The Balaban J connectivity index is 1.52. The van der Waals surface area contributed by atoms with Crippen molar-refractivity contribution in [2.75, 3.05) is 6.54 Å². The van der Waals surface area contributed by atoms with Gasteiger partial charge in [0.15, 0.2) is 0 Å². The minimum absolute atomic E-state index is 0.0762. The van der Waals surface area contributed by atoms with Crippen LogP contribution in [0.2, 0.25) is 0 Å². The highest BCUT2D eigenvalue weighted by molar-refractivity contribution is 7.14. The van der Waals surface area contributed by atoms with E-state index in [1.54, 1.807) is 11.3 Å². The Labute approximate surface area is 156 Å². The first-order valence-corrected chi connectivity index (χ1v) is 9.65. The lowest BCUT2D eigenvalue weighted by molar-refractivity contribution is 0.0711. The molecule has 1 aromatic carbocycles. The first-order valence-electron chi connectivity index (χ1n) is 8.83. The summed E-state index contributed by atoms with van der Waals surface area (Å²) < 4.78 is 1.90. The van der Waals surface area contributed by atoms with Gasteiger partial charge in [-0.25, -0.2) is 0 Å². The molecule has 0 saturated carbocycles. The topological polar surface area (TPSA) is 58.4 Å². The summed E-state index contributed by atoms with van der Waals surface area (Å²) in [7, 11) is 0. The molecule has 0 unspecified atom stereocenters. The van der Waals surface area contributed by atoms with E-state index in [4.69, 9.17) is 0 Å². The fraction of sp³-hybridized carbons (Fsp3) is 0.300. The number of carbonyl (C=O) groups is 1. The van der Waals surface area contributed by atoms with E-state index >= 15 is 0 Å². The molecule has 3 aromatic rings. The molecule has 0 spiro atoms. The van der Waals surface area contributed by atoms with E-state index in [0.29, 0.717) is 25.3 Å². The average molecular weight is 367 g/mol. The molecule has 0 saturated heterocycles. The van der Waals surface area contributed by atoms with E-state index in [1.807, 2.05) is 58.1 Å². The molecule has 1 aliphatic rings. The van der Waals surface area contributed by atoms with Gasteiger partial charge < -0.3 is 10.0 Å². The van der Waals surface area contributed by atoms with Crippen LogP contribution in [0, 0.1) is 0 Å². The molecule has 1 N–H and O–H groups in total. The second-order valence-electron chi connectivity index (χ2n) is 6.44. The van der Waals surface area contributed by atoms with Gasteiger partial charge in [0.05, 0.1) is 29.4 Å². The van der Waals surface area contributed by atoms with Crippen molar-refractivity contribution in [1.29, 1.82) is 0 Å². The van der Waals surface area contributed by atoms with Crippen LogP contribution in [-0.2, 0) is 19.5 Å². The predicted octanol–water partition coefficient (Wildman–Crippen LogP) is 3.24.